The predicted octanol–water partition coefficient (Wildman–Crippen LogP) is 0.598. The van der Waals surface area contributed by atoms with Gasteiger partial charge in [0.05, 0.1) is 6.54 Å². The highest BCUT2D eigenvalue weighted by Gasteiger charge is 2.01. The van der Waals surface area contributed by atoms with Crippen molar-refractivity contribution in [2.75, 3.05) is 20.6 Å². The van der Waals surface area contributed by atoms with E-state index >= 15 is 0 Å². The zero-order valence-corrected chi connectivity index (χ0v) is 8.29. The van der Waals surface area contributed by atoms with Crippen LogP contribution in [0, 0.1) is 11.8 Å². The van der Waals surface area contributed by atoms with Gasteiger partial charge in [-0.3, -0.25) is 4.90 Å². The molecule has 0 heterocycles. The summed E-state index contributed by atoms with van der Waals surface area (Å²) in [6.07, 6.45) is -0.443. The Bertz CT molecular complexity index is 215. The minimum atomic E-state index is -0.998. The highest BCUT2D eigenvalue weighted by Crippen LogP contribution is 1.87. The number of nitrogens with one attached hydrogen (secondary N) is 1. The average molecular weight is 184 g/mol. The maximum atomic E-state index is 10.2. The van der Waals surface area contributed by atoms with Crippen LogP contribution >= 0.6 is 0 Å². The summed E-state index contributed by atoms with van der Waals surface area (Å²) < 4.78 is 0. The van der Waals surface area contributed by atoms with E-state index in [1.807, 2.05) is 19.0 Å². The van der Waals surface area contributed by atoms with Crippen LogP contribution in [-0.2, 0) is 0 Å². The fourth-order valence-electron chi connectivity index (χ4n) is 0.701. The van der Waals surface area contributed by atoms with Gasteiger partial charge in [0, 0.05) is 12.5 Å². The number of nitrogens with zero attached hydrogens (tertiary/aromatic N) is 1. The fraction of sp³-hybridized carbons (Fsp3) is 0.667. The van der Waals surface area contributed by atoms with Gasteiger partial charge in [0.1, 0.15) is 0 Å². The summed E-state index contributed by atoms with van der Waals surface area (Å²) in [5, 5.41) is 10.7. The maximum absolute atomic E-state index is 10.2. The Balaban J connectivity index is 3.60. The van der Waals surface area contributed by atoms with Gasteiger partial charge < -0.3 is 10.4 Å². The van der Waals surface area contributed by atoms with E-state index in [1.54, 1.807) is 6.92 Å². The molecule has 0 bridgehead atoms. The van der Waals surface area contributed by atoms with Crippen molar-refractivity contribution in [3.8, 4) is 11.8 Å². The van der Waals surface area contributed by atoms with E-state index in [4.69, 9.17) is 5.11 Å². The Morgan fingerprint density at radius 2 is 2.15 bits per heavy atom. The van der Waals surface area contributed by atoms with Crippen molar-refractivity contribution in [1.82, 2.24) is 10.2 Å². The Labute approximate surface area is 78.9 Å². The number of amides is 1. The summed E-state index contributed by atoms with van der Waals surface area (Å²) in [6, 6.07) is -0.104. The van der Waals surface area contributed by atoms with E-state index in [0.29, 0.717) is 13.0 Å². The molecule has 2 N–H and O–H groups in total. The highest BCUT2D eigenvalue weighted by atomic mass is 16.4. The molecule has 0 spiro atoms. The van der Waals surface area contributed by atoms with Crippen molar-refractivity contribution >= 4 is 6.09 Å². The summed E-state index contributed by atoms with van der Waals surface area (Å²) in [6.45, 7) is 2.50. The SMILES string of the molecule is CC(CC#CCN(C)C)NC(=O)O. The molecule has 0 aromatic rings. The molecule has 0 fully saturated rings. The summed E-state index contributed by atoms with van der Waals surface area (Å²) in [4.78, 5) is 12.1. The topological polar surface area (TPSA) is 52.6 Å². The molecule has 13 heavy (non-hydrogen) atoms. The van der Waals surface area contributed by atoms with Gasteiger partial charge in [-0.2, -0.15) is 0 Å². The van der Waals surface area contributed by atoms with E-state index in [-0.39, 0.29) is 6.04 Å². The van der Waals surface area contributed by atoms with Crippen molar-refractivity contribution in [3.63, 3.8) is 0 Å². The summed E-state index contributed by atoms with van der Waals surface area (Å²) >= 11 is 0. The minimum absolute atomic E-state index is 0.104. The highest BCUT2D eigenvalue weighted by molar-refractivity contribution is 5.64. The lowest BCUT2D eigenvalue weighted by molar-refractivity contribution is 0.191. The molecule has 1 atom stereocenters. The second kappa shape index (κ2) is 6.32. The molecular weight excluding hydrogens is 168 g/mol. The van der Waals surface area contributed by atoms with E-state index in [9.17, 15) is 4.79 Å². The quantitative estimate of drug-likeness (QED) is 0.631. The van der Waals surface area contributed by atoms with Gasteiger partial charge in [0.15, 0.2) is 0 Å². The second-order valence-electron chi connectivity index (χ2n) is 3.15. The molecule has 1 unspecified atom stereocenters. The van der Waals surface area contributed by atoms with Crippen LogP contribution in [0.3, 0.4) is 0 Å². The van der Waals surface area contributed by atoms with Crippen LogP contribution in [0.1, 0.15) is 13.3 Å². The third-order valence-corrected chi connectivity index (χ3v) is 1.30. The van der Waals surface area contributed by atoms with Crippen LogP contribution in [0.2, 0.25) is 0 Å². The van der Waals surface area contributed by atoms with Gasteiger partial charge in [0.25, 0.3) is 0 Å². The van der Waals surface area contributed by atoms with Gasteiger partial charge in [-0.15, -0.1) is 0 Å². The second-order valence-corrected chi connectivity index (χ2v) is 3.15. The van der Waals surface area contributed by atoms with Gasteiger partial charge in [0.2, 0.25) is 0 Å². The molecule has 4 nitrogen and oxygen atoms in total. The van der Waals surface area contributed by atoms with Crippen molar-refractivity contribution in [1.29, 1.82) is 0 Å². The first-order valence-corrected chi connectivity index (χ1v) is 4.12. The third-order valence-electron chi connectivity index (χ3n) is 1.30. The largest absolute Gasteiger partial charge is 0.465 e. The number of hydrogen-bond acceptors (Lipinski definition) is 2. The zero-order chi connectivity index (χ0) is 10.3. The van der Waals surface area contributed by atoms with Crippen molar-refractivity contribution < 1.29 is 9.90 Å². The van der Waals surface area contributed by atoms with Gasteiger partial charge in [-0.1, -0.05) is 11.8 Å². The molecule has 0 rings (SSSR count). The zero-order valence-electron chi connectivity index (χ0n) is 8.29. The molecule has 74 valence electrons. The molecular formula is C9H16N2O2. The Morgan fingerprint density at radius 3 is 2.62 bits per heavy atom. The maximum Gasteiger partial charge on any atom is 0.404 e. The number of carbonyl (C=O) groups is 1. The third kappa shape index (κ3) is 8.70. The molecule has 0 aliphatic carbocycles. The van der Waals surface area contributed by atoms with Crippen LogP contribution in [-0.4, -0.2) is 42.8 Å². The lowest BCUT2D eigenvalue weighted by Crippen LogP contribution is -2.30. The van der Waals surface area contributed by atoms with Crippen LogP contribution < -0.4 is 5.32 Å². The summed E-state index contributed by atoms with van der Waals surface area (Å²) in [7, 11) is 3.88. The average Bonchev–Trinajstić information content (AvgIpc) is 1.96. The molecule has 0 radical (unpaired) electrons. The molecule has 1 amide bonds. The van der Waals surface area contributed by atoms with Crippen LogP contribution in [0.4, 0.5) is 4.79 Å². The fourth-order valence-corrected chi connectivity index (χ4v) is 0.701. The molecule has 0 saturated carbocycles. The van der Waals surface area contributed by atoms with Crippen molar-refractivity contribution in [3.05, 3.63) is 0 Å². The van der Waals surface area contributed by atoms with E-state index in [0.717, 1.165) is 0 Å². The van der Waals surface area contributed by atoms with Crippen LogP contribution in [0.15, 0.2) is 0 Å². The lowest BCUT2D eigenvalue weighted by Gasteiger charge is -2.06. The monoisotopic (exact) mass is 184 g/mol. The smallest absolute Gasteiger partial charge is 0.404 e. The van der Waals surface area contributed by atoms with Crippen molar-refractivity contribution in [2.45, 2.75) is 19.4 Å². The molecule has 0 saturated heterocycles. The van der Waals surface area contributed by atoms with Gasteiger partial charge >= 0.3 is 6.09 Å². The first-order chi connectivity index (χ1) is 6.02. The van der Waals surface area contributed by atoms with E-state index < -0.39 is 6.09 Å². The summed E-state index contributed by atoms with van der Waals surface area (Å²) in [5.74, 6) is 5.84. The van der Waals surface area contributed by atoms with E-state index in [1.165, 1.54) is 0 Å². The molecule has 0 aliphatic rings. The Kier molecular flexibility index (Phi) is 5.73. The molecule has 0 aliphatic heterocycles. The van der Waals surface area contributed by atoms with Gasteiger partial charge in [-0.25, -0.2) is 4.79 Å². The van der Waals surface area contributed by atoms with Gasteiger partial charge in [-0.05, 0) is 21.0 Å². The Hall–Kier alpha value is -1.21. The van der Waals surface area contributed by atoms with Crippen LogP contribution in [0.5, 0.6) is 0 Å². The lowest BCUT2D eigenvalue weighted by atomic mass is 10.2. The number of rotatable bonds is 3. The molecule has 4 heteroatoms. The number of carboxylic acid groups (broad SMARTS) is 1. The normalized spacial score (nSPS) is 11.7. The first kappa shape index (κ1) is 11.8. The molecule has 0 aromatic heterocycles. The van der Waals surface area contributed by atoms with Crippen molar-refractivity contribution in [2.24, 2.45) is 0 Å². The standard InChI is InChI=1S/C9H16N2O2/c1-8(10-9(12)13)6-4-5-7-11(2)3/h8,10H,6-7H2,1-3H3,(H,12,13). The predicted molar refractivity (Wildman–Crippen MR) is 51.6 cm³/mol. The van der Waals surface area contributed by atoms with E-state index in [2.05, 4.69) is 17.2 Å². The Morgan fingerprint density at radius 1 is 1.54 bits per heavy atom. The number of hydrogen-bond donors (Lipinski definition) is 2. The first-order valence-electron chi connectivity index (χ1n) is 4.12. The minimum Gasteiger partial charge on any atom is -0.465 e. The van der Waals surface area contributed by atoms with Crippen LogP contribution in [0.25, 0.3) is 0 Å². The molecule has 0 aromatic carbocycles. The summed E-state index contributed by atoms with van der Waals surface area (Å²) in [5.41, 5.74) is 0.